The van der Waals surface area contributed by atoms with Crippen LogP contribution in [0, 0.1) is 19.1 Å². The first-order valence-electron chi connectivity index (χ1n) is 11.6. The Bertz CT molecular complexity index is 1310. The van der Waals surface area contributed by atoms with Gasteiger partial charge in [-0.2, -0.15) is 0 Å². The molecule has 13 heteroatoms. The molecule has 200 valence electrons. The molecule has 0 amide bonds. The van der Waals surface area contributed by atoms with E-state index < -0.39 is 34.9 Å². The minimum absolute atomic E-state index is 0.0488. The van der Waals surface area contributed by atoms with Gasteiger partial charge in [0.15, 0.2) is 0 Å². The number of hydrogen-bond donors (Lipinski definition) is 3. The Labute approximate surface area is 227 Å². The second kappa shape index (κ2) is 10.6. The number of nitrogens with zero attached hydrogens (tertiary/aromatic N) is 4. The molecule has 0 saturated carbocycles. The van der Waals surface area contributed by atoms with Crippen molar-refractivity contribution in [2.75, 3.05) is 19.5 Å². The number of fused-ring (bicyclic) bond motifs is 1. The Morgan fingerprint density at radius 2 is 2.11 bits per heavy atom. The van der Waals surface area contributed by atoms with Gasteiger partial charge < -0.3 is 34.7 Å². The van der Waals surface area contributed by atoms with E-state index in [0.29, 0.717) is 31.5 Å². The molecular weight excluding hydrogens is 597 g/mol. The second-order valence-corrected chi connectivity index (χ2v) is 11.2. The average molecular weight is 627 g/mol. The van der Waals surface area contributed by atoms with E-state index in [9.17, 15) is 20.3 Å². The summed E-state index contributed by atoms with van der Waals surface area (Å²) in [6.07, 6.45) is 0.598. The number of hydrogen-bond acceptors (Lipinski definition) is 10. The zero-order valence-corrected chi connectivity index (χ0v) is 23.1. The molecule has 37 heavy (non-hydrogen) atoms. The molecule has 1 fully saturated rings. The number of aliphatic hydroxyl groups is 2. The minimum atomic E-state index is -0.826. The Kier molecular flexibility index (Phi) is 7.90. The summed E-state index contributed by atoms with van der Waals surface area (Å²) in [7, 11) is 1.51. The first-order valence-corrected chi connectivity index (χ1v) is 12.7. The van der Waals surface area contributed by atoms with Gasteiger partial charge in [0, 0.05) is 24.2 Å². The van der Waals surface area contributed by atoms with Crippen molar-refractivity contribution in [3.63, 3.8) is 0 Å². The summed E-state index contributed by atoms with van der Waals surface area (Å²) in [4.78, 5) is 20.0. The number of rotatable bonds is 8. The highest BCUT2D eigenvalue weighted by atomic mass is 127. The number of nitrogens with two attached hydrogens (primary N) is 1. The van der Waals surface area contributed by atoms with Gasteiger partial charge >= 0.3 is 0 Å². The lowest BCUT2D eigenvalue weighted by atomic mass is 9.83. The molecule has 3 heterocycles. The summed E-state index contributed by atoms with van der Waals surface area (Å²) in [5.74, 6) is 0.762. The number of benzene rings is 1. The number of nitrogen functional groups attached to an aromatic ring is 1. The smallest absolute Gasteiger partial charge is 0.276 e. The van der Waals surface area contributed by atoms with Crippen LogP contribution in [0.15, 0.2) is 24.7 Å². The third-order valence-corrected chi connectivity index (χ3v) is 7.23. The van der Waals surface area contributed by atoms with Crippen molar-refractivity contribution in [3.8, 4) is 5.75 Å². The topological polar surface area (TPSA) is 168 Å². The summed E-state index contributed by atoms with van der Waals surface area (Å²) in [6, 6.07) is 3.13. The van der Waals surface area contributed by atoms with Crippen molar-refractivity contribution in [1.29, 1.82) is 0 Å². The molecule has 0 spiro atoms. The predicted molar refractivity (Wildman–Crippen MR) is 143 cm³/mol. The van der Waals surface area contributed by atoms with Crippen LogP contribution in [-0.4, -0.2) is 55.6 Å². The summed E-state index contributed by atoms with van der Waals surface area (Å²) < 4.78 is 20.0. The van der Waals surface area contributed by atoms with Crippen molar-refractivity contribution >= 4 is 45.1 Å². The van der Waals surface area contributed by atoms with Gasteiger partial charge in [-0.1, -0.05) is 20.8 Å². The molecule has 4 rings (SSSR count). The van der Waals surface area contributed by atoms with E-state index in [0.717, 1.165) is 0 Å². The van der Waals surface area contributed by atoms with E-state index in [4.69, 9.17) is 19.9 Å². The number of nitro benzene ring substituents is 1. The maximum atomic E-state index is 11.9. The van der Waals surface area contributed by atoms with Crippen molar-refractivity contribution in [1.82, 2.24) is 14.5 Å². The van der Waals surface area contributed by atoms with E-state index in [-0.39, 0.29) is 31.1 Å². The van der Waals surface area contributed by atoms with Crippen LogP contribution < -0.4 is 10.5 Å². The van der Waals surface area contributed by atoms with Crippen molar-refractivity contribution in [2.24, 2.45) is 5.41 Å². The molecule has 2 aromatic heterocycles. The molecule has 0 radical (unpaired) electrons. The Morgan fingerprint density at radius 3 is 2.70 bits per heavy atom. The standard InChI is InChI=1S/C24H30IN5O7/c1-24(2,3)21(13-5-17(35-4)14(25)6-15(13)30(33)34)36-10-12-8-29(19-7-16(32)18(9-31)37-19)23-20(12)22(26)27-11-28-23/h5-6,8,11,16,18-19,21,31-32H,7,9-10H2,1-4H3,(H2,26,27,28)/t16?,18-,19-,21-/m1/s1. The number of methoxy groups -OCH3 is 1. The maximum Gasteiger partial charge on any atom is 0.276 e. The largest absolute Gasteiger partial charge is 0.496 e. The lowest BCUT2D eigenvalue weighted by molar-refractivity contribution is -0.386. The van der Waals surface area contributed by atoms with Gasteiger partial charge in [-0.05, 0) is 34.1 Å². The number of halogens is 1. The molecular formula is C24H30IN5O7. The van der Waals surface area contributed by atoms with Crippen LogP contribution in [0.25, 0.3) is 11.0 Å². The molecule has 0 aliphatic carbocycles. The van der Waals surface area contributed by atoms with Crippen LogP contribution in [0.4, 0.5) is 11.5 Å². The van der Waals surface area contributed by atoms with E-state index in [1.165, 1.54) is 19.5 Å². The number of nitro groups is 1. The summed E-state index contributed by atoms with van der Waals surface area (Å²) >= 11 is 2.00. The highest BCUT2D eigenvalue weighted by Crippen LogP contribution is 2.44. The molecule has 1 saturated heterocycles. The van der Waals surface area contributed by atoms with Crippen LogP contribution in [0.2, 0.25) is 0 Å². The lowest BCUT2D eigenvalue weighted by Crippen LogP contribution is -2.24. The molecule has 1 aromatic carbocycles. The summed E-state index contributed by atoms with van der Waals surface area (Å²) in [6.45, 7) is 5.56. The van der Waals surface area contributed by atoms with E-state index >= 15 is 0 Å². The number of ether oxygens (including phenoxy) is 3. The highest BCUT2D eigenvalue weighted by Gasteiger charge is 2.37. The monoisotopic (exact) mass is 627 g/mol. The number of aliphatic hydroxyl groups excluding tert-OH is 2. The van der Waals surface area contributed by atoms with E-state index in [2.05, 4.69) is 9.97 Å². The Hall–Kier alpha value is -2.59. The molecule has 4 N–H and O–H groups in total. The molecule has 3 aromatic rings. The summed E-state index contributed by atoms with van der Waals surface area (Å²) in [5.41, 5.74) is 7.20. The molecule has 12 nitrogen and oxygen atoms in total. The minimum Gasteiger partial charge on any atom is -0.496 e. The zero-order chi connectivity index (χ0) is 27.1. The third-order valence-electron chi connectivity index (χ3n) is 6.38. The van der Waals surface area contributed by atoms with E-state index in [1.54, 1.807) is 16.8 Å². The van der Waals surface area contributed by atoms with Gasteiger partial charge in [0.25, 0.3) is 5.69 Å². The number of anilines is 1. The third kappa shape index (κ3) is 5.36. The summed E-state index contributed by atoms with van der Waals surface area (Å²) in [5, 5.41) is 32.2. The van der Waals surface area contributed by atoms with Crippen molar-refractivity contribution in [2.45, 2.75) is 58.3 Å². The quantitative estimate of drug-likeness (QED) is 0.191. The van der Waals surface area contributed by atoms with E-state index in [1.807, 2.05) is 43.4 Å². The van der Waals surface area contributed by atoms with Gasteiger partial charge in [0.1, 0.15) is 35.9 Å². The van der Waals surface area contributed by atoms with Gasteiger partial charge in [0.2, 0.25) is 0 Å². The first-order chi connectivity index (χ1) is 17.5. The van der Waals surface area contributed by atoms with Crippen LogP contribution in [0.5, 0.6) is 5.75 Å². The fraction of sp³-hybridized carbons (Fsp3) is 0.500. The average Bonchev–Trinajstić information content (AvgIpc) is 3.39. The van der Waals surface area contributed by atoms with Gasteiger partial charge in [-0.3, -0.25) is 10.1 Å². The SMILES string of the molecule is COc1cc([C@@H](OCc2cn([C@H]3CC(O)[C@@H](CO)O3)c3ncnc(N)c23)C(C)(C)C)c([N+](=O)[O-])cc1I. The Balaban J connectivity index is 1.74. The molecule has 1 aliphatic heterocycles. The molecule has 1 unspecified atom stereocenters. The molecule has 1 aliphatic rings. The lowest BCUT2D eigenvalue weighted by Gasteiger charge is -2.31. The van der Waals surface area contributed by atoms with Crippen molar-refractivity contribution < 1.29 is 29.3 Å². The normalized spacial score (nSPS) is 20.9. The van der Waals surface area contributed by atoms with Crippen molar-refractivity contribution in [3.05, 3.63) is 49.5 Å². The van der Waals surface area contributed by atoms with Crippen LogP contribution >= 0.6 is 22.6 Å². The van der Waals surface area contributed by atoms with Gasteiger partial charge in [-0.15, -0.1) is 0 Å². The number of aromatic nitrogens is 3. The predicted octanol–water partition coefficient (Wildman–Crippen LogP) is 3.48. The first kappa shape index (κ1) is 27.4. The highest BCUT2D eigenvalue weighted by molar-refractivity contribution is 14.1. The fourth-order valence-corrected chi connectivity index (χ4v) is 5.30. The fourth-order valence-electron chi connectivity index (χ4n) is 4.63. The zero-order valence-electron chi connectivity index (χ0n) is 20.9. The van der Waals surface area contributed by atoms with Gasteiger partial charge in [-0.25, -0.2) is 9.97 Å². The second-order valence-electron chi connectivity index (χ2n) is 9.99. The Morgan fingerprint density at radius 1 is 1.38 bits per heavy atom. The maximum absolute atomic E-state index is 11.9. The molecule has 0 bridgehead atoms. The van der Waals surface area contributed by atoms with Gasteiger partial charge in [0.05, 0.1) is 52.0 Å². The molecule has 4 atom stereocenters. The van der Waals surface area contributed by atoms with Crippen LogP contribution in [0.1, 0.15) is 50.7 Å². The van der Waals surface area contributed by atoms with Crippen LogP contribution in [-0.2, 0) is 16.1 Å². The van der Waals surface area contributed by atoms with Crippen LogP contribution in [0.3, 0.4) is 0 Å².